The second-order valence-electron chi connectivity index (χ2n) is 4.61. The van der Waals surface area contributed by atoms with Crippen LogP contribution in [0.5, 0.6) is 0 Å². The number of aryl methyl sites for hydroxylation is 1. The third-order valence-corrected chi connectivity index (χ3v) is 5.42. The van der Waals surface area contributed by atoms with Crippen molar-refractivity contribution >= 4 is 49.6 Å². The molecule has 0 saturated heterocycles. The van der Waals surface area contributed by atoms with Crippen LogP contribution in [0.2, 0.25) is 0 Å². The molecule has 2 aromatic carbocycles. The second-order valence-corrected chi connectivity index (χ2v) is 7.68. The van der Waals surface area contributed by atoms with Crippen LogP contribution in [0, 0.1) is 12.7 Å². The minimum Gasteiger partial charge on any atom is -0.206 e. The molecular weight excluding hydrogens is 359 g/mol. The summed E-state index contributed by atoms with van der Waals surface area (Å²) in [5.74, 6) is -0.212. The minimum absolute atomic E-state index is 0.212. The van der Waals surface area contributed by atoms with E-state index in [2.05, 4.69) is 15.9 Å². The number of benzene rings is 2. The van der Waals surface area contributed by atoms with Crippen LogP contribution in [0.15, 0.2) is 46.3 Å². The first-order chi connectivity index (χ1) is 9.58. The van der Waals surface area contributed by atoms with E-state index in [4.69, 9.17) is 11.6 Å². The van der Waals surface area contributed by atoms with Gasteiger partial charge in [-0.3, -0.25) is 0 Å². The summed E-state index contributed by atoms with van der Waals surface area (Å²) in [6.07, 6.45) is 0. The fraction of sp³-hybridized carbons (Fsp3) is 0.125. The number of hydrogen-bond donors (Lipinski definition) is 0. The van der Waals surface area contributed by atoms with Gasteiger partial charge in [0.15, 0.2) is 0 Å². The number of alkyl halides is 1. The summed E-state index contributed by atoms with van der Waals surface area (Å²) in [4.78, 5) is 1.17. The quantitative estimate of drug-likeness (QED) is 0.456. The molecule has 20 heavy (non-hydrogen) atoms. The van der Waals surface area contributed by atoms with Crippen molar-refractivity contribution in [2.45, 2.75) is 12.3 Å². The van der Waals surface area contributed by atoms with Gasteiger partial charge in [-0.05, 0) is 51.5 Å². The predicted octanol–water partition coefficient (Wildman–Crippen LogP) is 6.44. The largest absolute Gasteiger partial charge is 0.206 e. The van der Waals surface area contributed by atoms with E-state index in [9.17, 15) is 4.39 Å². The van der Waals surface area contributed by atoms with Gasteiger partial charge in [0.1, 0.15) is 5.82 Å². The zero-order valence-electron chi connectivity index (χ0n) is 10.7. The van der Waals surface area contributed by atoms with Crippen LogP contribution in [0.1, 0.15) is 21.4 Å². The summed E-state index contributed by atoms with van der Waals surface area (Å²) in [6, 6.07) is 12.8. The lowest BCUT2D eigenvalue weighted by molar-refractivity contribution is 0.639. The molecule has 4 heteroatoms. The standard InChI is InChI=1S/C16H11BrClFS/c1-9-13(8-15(17)20-9)16(18)12-6-7-14(19)11-5-3-2-4-10(11)12/h2-8,16H,1H3. The summed E-state index contributed by atoms with van der Waals surface area (Å²) >= 11 is 11.8. The van der Waals surface area contributed by atoms with Crippen LogP contribution in [0.4, 0.5) is 4.39 Å². The van der Waals surface area contributed by atoms with Gasteiger partial charge in [0, 0.05) is 10.3 Å². The molecule has 0 radical (unpaired) electrons. The van der Waals surface area contributed by atoms with Crippen molar-refractivity contribution in [2.24, 2.45) is 0 Å². The average molecular weight is 370 g/mol. The van der Waals surface area contributed by atoms with Gasteiger partial charge in [0.25, 0.3) is 0 Å². The second kappa shape index (κ2) is 5.47. The Morgan fingerprint density at radius 3 is 2.45 bits per heavy atom. The molecule has 102 valence electrons. The van der Waals surface area contributed by atoms with Gasteiger partial charge in [0.2, 0.25) is 0 Å². The molecule has 3 rings (SSSR count). The summed E-state index contributed by atoms with van der Waals surface area (Å²) in [7, 11) is 0. The summed E-state index contributed by atoms with van der Waals surface area (Å²) in [5, 5.41) is 1.21. The highest BCUT2D eigenvalue weighted by Crippen LogP contribution is 2.40. The summed E-state index contributed by atoms with van der Waals surface area (Å²) in [6.45, 7) is 2.05. The maximum atomic E-state index is 13.9. The lowest BCUT2D eigenvalue weighted by Gasteiger charge is -2.13. The molecule has 0 aliphatic carbocycles. The Hall–Kier alpha value is -0.900. The molecule has 1 aromatic heterocycles. The number of hydrogen-bond acceptors (Lipinski definition) is 1. The SMILES string of the molecule is Cc1sc(Br)cc1C(Cl)c1ccc(F)c2ccccc12. The molecule has 1 atom stereocenters. The Kier molecular flexibility index (Phi) is 3.85. The number of halogens is 3. The maximum Gasteiger partial charge on any atom is 0.131 e. The highest BCUT2D eigenvalue weighted by Gasteiger charge is 2.18. The number of thiophene rings is 1. The van der Waals surface area contributed by atoms with Crippen LogP contribution in [0.25, 0.3) is 10.8 Å². The molecular formula is C16H11BrClFS. The van der Waals surface area contributed by atoms with Crippen LogP contribution in [-0.2, 0) is 0 Å². The number of fused-ring (bicyclic) bond motifs is 1. The van der Waals surface area contributed by atoms with E-state index in [0.717, 1.165) is 20.3 Å². The third kappa shape index (κ3) is 2.39. The van der Waals surface area contributed by atoms with E-state index < -0.39 is 0 Å². The van der Waals surface area contributed by atoms with Gasteiger partial charge in [-0.2, -0.15) is 0 Å². The van der Waals surface area contributed by atoms with Gasteiger partial charge in [0.05, 0.1) is 9.16 Å². The molecule has 0 amide bonds. The Bertz CT molecular complexity index is 781. The Balaban J connectivity index is 2.20. The van der Waals surface area contributed by atoms with Gasteiger partial charge in [-0.25, -0.2) is 4.39 Å². The summed E-state index contributed by atoms with van der Waals surface area (Å²) in [5.41, 5.74) is 2.01. The van der Waals surface area contributed by atoms with Crippen LogP contribution in [0.3, 0.4) is 0 Å². The topological polar surface area (TPSA) is 0 Å². The predicted molar refractivity (Wildman–Crippen MR) is 88.4 cm³/mol. The average Bonchev–Trinajstić information content (AvgIpc) is 2.78. The molecule has 1 heterocycles. The molecule has 0 aliphatic rings. The van der Waals surface area contributed by atoms with E-state index in [1.165, 1.54) is 10.9 Å². The smallest absolute Gasteiger partial charge is 0.131 e. The van der Waals surface area contributed by atoms with Crippen molar-refractivity contribution in [3.8, 4) is 0 Å². The molecule has 3 aromatic rings. The van der Waals surface area contributed by atoms with E-state index >= 15 is 0 Å². The Morgan fingerprint density at radius 2 is 1.80 bits per heavy atom. The van der Waals surface area contributed by atoms with Gasteiger partial charge >= 0.3 is 0 Å². The molecule has 0 fully saturated rings. The lowest BCUT2D eigenvalue weighted by Crippen LogP contribution is -1.96. The molecule has 0 saturated carbocycles. The molecule has 0 nitrogen and oxygen atoms in total. The summed E-state index contributed by atoms with van der Waals surface area (Å²) < 4.78 is 14.9. The van der Waals surface area contributed by atoms with Crippen LogP contribution in [-0.4, -0.2) is 0 Å². The van der Waals surface area contributed by atoms with E-state index in [1.54, 1.807) is 23.5 Å². The fourth-order valence-electron chi connectivity index (χ4n) is 2.38. The zero-order chi connectivity index (χ0) is 14.3. The van der Waals surface area contributed by atoms with Crippen molar-refractivity contribution in [1.29, 1.82) is 0 Å². The first-order valence-electron chi connectivity index (χ1n) is 6.15. The third-order valence-electron chi connectivity index (χ3n) is 3.38. The van der Waals surface area contributed by atoms with Crippen molar-refractivity contribution in [3.05, 3.63) is 68.1 Å². The van der Waals surface area contributed by atoms with Gasteiger partial charge < -0.3 is 0 Å². The monoisotopic (exact) mass is 368 g/mol. The normalized spacial score (nSPS) is 12.8. The molecule has 1 unspecified atom stereocenters. The molecule has 0 N–H and O–H groups in total. The highest BCUT2D eigenvalue weighted by atomic mass is 79.9. The zero-order valence-corrected chi connectivity index (χ0v) is 13.8. The minimum atomic E-state index is -0.275. The maximum absolute atomic E-state index is 13.9. The van der Waals surface area contributed by atoms with Crippen LogP contribution < -0.4 is 0 Å². The van der Waals surface area contributed by atoms with E-state index in [0.29, 0.717) is 5.39 Å². The lowest BCUT2D eigenvalue weighted by atomic mass is 9.98. The first kappa shape index (κ1) is 14.1. The molecule has 0 bridgehead atoms. The van der Waals surface area contributed by atoms with Crippen molar-refractivity contribution in [1.82, 2.24) is 0 Å². The fourth-order valence-corrected chi connectivity index (χ4v) is 4.61. The van der Waals surface area contributed by atoms with Gasteiger partial charge in [-0.15, -0.1) is 22.9 Å². The van der Waals surface area contributed by atoms with Crippen molar-refractivity contribution in [3.63, 3.8) is 0 Å². The highest BCUT2D eigenvalue weighted by molar-refractivity contribution is 9.11. The van der Waals surface area contributed by atoms with Gasteiger partial charge in [-0.1, -0.05) is 30.3 Å². The van der Waals surface area contributed by atoms with Crippen LogP contribution >= 0.6 is 38.9 Å². The molecule has 0 spiro atoms. The van der Waals surface area contributed by atoms with E-state index in [1.807, 2.05) is 31.2 Å². The van der Waals surface area contributed by atoms with Crippen molar-refractivity contribution < 1.29 is 4.39 Å². The first-order valence-corrected chi connectivity index (χ1v) is 8.19. The number of rotatable bonds is 2. The Labute approximate surface area is 134 Å². The Morgan fingerprint density at radius 1 is 1.10 bits per heavy atom. The van der Waals surface area contributed by atoms with Crippen molar-refractivity contribution in [2.75, 3.05) is 0 Å². The van der Waals surface area contributed by atoms with E-state index in [-0.39, 0.29) is 11.2 Å². The molecule has 0 aliphatic heterocycles.